The molecule has 2 nitrogen and oxygen atoms in total. The second-order valence-corrected chi connectivity index (χ2v) is 1.25. The summed E-state index contributed by atoms with van der Waals surface area (Å²) >= 11 is 0. The van der Waals surface area contributed by atoms with Crippen LogP contribution in [0.15, 0.2) is 0 Å². The lowest BCUT2D eigenvalue weighted by atomic mass is 10.4. The van der Waals surface area contributed by atoms with E-state index in [1.54, 1.807) is 7.11 Å². The summed E-state index contributed by atoms with van der Waals surface area (Å²) < 4.78 is 4.70. The molecule has 2 heteroatoms. The molecular weight excluding hydrogens is 104 g/mol. The maximum Gasteiger partial charge on any atom is 0.104 e. The Kier molecular flexibility index (Phi) is 6.06. The molecule has 0 unspecified atom stereocenters. The van der Waals surface area contributed by atoms with Gasteiger partial charge in [-0.15, -0.1) is 0 Å². The van der Waals surface area contributed by atoms with E-state index in [-0.39, 0.29) is 6.61 Å². The van der Waals surface area contributed by atoms with Crippen molar-refractivity contribution in [3.63, 3.8) is 0 Å². The molecule has 46 valence electrons. The number of aliphatic hydroxyl groups excluding tert-OH is 1. The molecule has 0 spiro atoms. The smallest absolute Gasteiger partial charge is 0.104 e. The van der Waals surface area contributed by atoms with Crippen molar-refractivity contribution in [1.82, 2.24) is 0 Å². The molecule has 0 saturated heterocycles. The summed E-state index contributed by atoms with van der Waals surface area (Å²) in [6.45, 7) is 0.594. The van der Waals surface area contributed by atoms with E-state index in [1.807, 2.05) is 0 Å². The van der Waals surface area contributed by atoms with E-state index in [0.717, 1.165) is 0 Å². The number of hydrogen-bond acceptors (Lipinski definition) is 2. The van der Waals surface area contributed by atoms with Gasteiger partial charge in [0.1, 0.15) is 6.61 Å². The van der Waals surface area contributed by atoms with E-state index < -0.39 is 0 Å². The molecular formula is C6H10O2. The molecule has 0 saturated carbocycles. The van der Waals surface area contributed by atoms with Crippen LogP contribution in [0.2, 0.25) is 0 Å². The van der Waals surface area contributed by atoms with E-state index in [9.17, 15) is 0 Å². The Hall–Kier alpha value is -0.520. The monoisotopic (exact) mass is 114 g/mol. The van der Waals surface area contributed by atoms with Gasteiger partial charge in [-0.1, -0.05) is 11.8 Å². The van der Waals surface area contributed by atoms with Crippen molar-refractivity contribution in [2.75, 3.05) is 20.3 Å². The molecule has 0 aliphatic heterocycles. The predicted octanol–water partition coefficient (Wildman–Crippen LogP) is 0.0186. The first-order chi connectivity index (χ1) is 3.91. The van der Waals surface area contributed by atoms with Gasteiger partial charge in [-0.3, -0.25) is 0 Å². The van der Waals surface area contributed by atoms with Crippen LogP contribution in [-0.4, -0.2) is 25.4 Å². The normalized spacial score (nSPS) is 7.75. The minimum atomic E-state index is -0.0519. The molecule has 0 aromatic heterocycles. The first-order valence-corrected chi connectivity index (χ1v) is 2.47. The second kappa shape index (κ2) is 6.48. The highest BCUT2D eigenvalue weighted by atomic mass is 16.5. The maximum atomic E-state index is 8.15. The zero-order valence-electron chi connectivity index (χ0n) is 4.98. The molecule has 0 fully saturated rings. The fourth-order valence-electron chi connectivity index (χ4n) is 0.297. The number of aliphatic hydroxyl groups is 1. The number of methoxy groups -OCH3 is 1. The quantitative estimate of drug-likeness (QED) is 0.405. The lowest BCUT2D eigenvalue weighted by Gasteiger charge is -1.85. The Morgan fingerprint density at radius 2 is 2.25 bits per heavy atom. The highest BCUT2D eigenvalue weighted by Crippen LogP contribution is 1.73. The van der Waals surface area contributed by atoms with Crippen LogP contribution in [-0.2, 0) is 4.74 Å². The molecule has 8 heavy (non-hydrogen) atoms. The van der Waals surface area contributed by atoms with Crippen molar-refractivity contribution >= 4 is 0 Å². The highest BCUT2D eigenvalue weighted by Gasteiger charge is 1.72. The van der Waals surface area contributed by atoms with E-state index in [1.165, 1.54) is 0 Å². The van der Waals surface area contributed by atoms with Gasteiger partial charge < -0.3 is 9.84 Å². The first kappa shape index (κ1) is 7.48. The summed E-state index contributed by atoms with van der Waals surface area (Å²) in [6.07, 6.45) is 0.705. The molecule has 0 amide bonds. The molecule has 0 aliphatic carbocycles. The fourth-order valence-corrected chi connectivity index (χ4v) is 0.297. The van der Waals surface area contributed by atoms with Crippen LogP contribution in [0, 0.1) is 11.8 Å². The van der Waals surface area contributed by atoms with Crippen LogP contribution in [0.3, 0.4) is 0 Å². The largest absolute Gasteiger partial charge is 0.384 e. The predicted molar refractivity (Wildman–Crippen MR) is 31.4 cm³/mol. The van der Waals surface area contributed by atoms with Crippen molar-refractivity contribution < 1.29 is 9.84 Å². The molecule has 0 heterocycles. The van der Waals surface area contributed by atoms with Crippen LogP contribution in [0.1, 0.15) is 6.42 Å². The fraction of sp³-hybridized carbons (Fsp3) is 0.667. The van der Waals surface area contributed by atoms with Gasteiger partial charge in [0.2, 0.25) is 0 Å². The first-order valence-electron chi connectivity index (χ1n) is 2.47. The summed E-state index contributed by atoms with van der Waals surface area (Å²) in [6, 6.07) is 0. The Morgan fingerprint density at radius 1 is 1.50 bits per heavy atom. The topological polar surface area (TPSA) is 29.5 Å². The lowest BCUT2D eigenvalue weighted by Crippen LogP contribution is -1.84. The van der Waals surface area contributed by atoms with E-state index in [4.69, 9.17) is 9.84 Å². The van der Waals surface area contributed by atoms with Crippen molar-refractivity contribution in [3.05, 3.63) is 0 Å². The van der Waals surface area contributed by atoms with Gasteiger partial charge in [0.15, 0.2) is 0 Å². The Labute approximate surface area is 49.5 Å². The van der Waals surface area contributed by atoms with Gasteiger partial charge in [-0.2, -0.15) is 0 Å². The third kappa shape index (κ3) is 5.48. The lowest BCUT2D eigenvalue weighted by molar-refractivity contribution is 0.206. The van der Waals surface area contributed by atoms with Gasteiger partial charge in [-0.05, 0) is 0 Å². The third-order valence-corrected chi connectivity index (χ3v) is 0.635. The van der Waals surface area contributed by atoms with E-state index in [2.05, 4.69) is 11.8 Å². The third-order valence-electron chi connectivity index (χ3n) is 0.635. The van der Waals surface area contributed by atoms with Crippen LogP contribution in [0.4, 0.5) is 0 Å². The SMILES string of the molecule is COCCC#CCO. The number of ether oxygens (including phenoxy) is 1. The number of rotatable bonds is 2. The molecule has 0 rings (SSSR count). The molecule has 0 atom stereocenters. The van der Waals surface area contributed by atoms with Crippen molar-refractivity contribution in [3.8, 4) is 11.8 Å². The van der Waals surface area contributed by atoms with Crippen LogP contribution < -0.4 is 0 Å². The molecule has 0 bridgehead atoms. The Morgan fingerprint density at radius 3 is 2.75 bits per heavy atom. The Bertz CT molecular complexity index is 88.4. The van der Waals surface area contributed by atoms with Gasteiger partial charge in [-0.25, -0.2) is 0 Å². The van der Waals surface area contributed by atoms with Crippen LogP contribution in [0.25, 0.3) is 0 Å². The maximum absolute atomic E-state index is 8.15. The highest BCUT2D eigenvalue weighted by molar-refractivity contribution is 4.98. The summed E-state index contributed by atoms with van der Waals surface area (Å²) in [7, 11) is 1.63. The van der Waals surface area contributed by atoms with E-state index in [0.29, 0.717) is 13.0 Å². The van der Waals surface area contributed by atoms with E-state index >= 15 is 0 Å². The Balaban J connectivity index is 2.90. The molecule has 0 aromatic carbocycles. The second-order valence-electron chi connectivity index (χ2n) is 1.25. The zero-order valence-corrected chi connectivity index (χ0v) is 4.98. The number of hydrogen-bond donors (Lipinski definition) is 1. The van der Waals surface area contributed by atoms with Gasteiger partial charge >= 0.3 is 0 Å². The van der Waals surface area contributed by atoms with Crippen molar-refractivity contribution in [1.29, 1.82) is 0 Å². The molecule has 0 aliphatic rings. The van der Waals surface area contributed by atoms with Gasteiger partial charge in [0.05, 0.1) is 6.61 Å². The zero-order chi connectivity index (χ0) is 6.24. The molecule has 1 N–H and O–H groups in total. The summed E-state index contributed by atoms with van der Waals surface area (Å²) in [4.78, 5) is 0. The van der Waals surface area contributed by atoms with Gasteiger partial charge in [0, 0.05) is 13.5 Å². The molecule has 0 radical (unpaired) electrons. The summed E-state index contributed by atoms with van der Waals surface area (Å²) in [5.74, 6) is 5.22. The van der Waals surface area contributed by atoms with Crippen molar-refractivity contribution in [2.45, 2.75) is 6.42 Å². The minimum Gasteiger partial charge on any atom is -0.384 e. The van der Waals surface area contributed by atoms with Crippen LogP contribution in [0.5, 0.6) is 0 Å². The minimum absolute atomic E-state index is 0.0519. The van der Waals surface area contributed by atoms with Crippen molar-refractivity contribution in [2.24, 2.45) is 0 Å². The van der Waals surface area contributed by atoms with Gasteiger partial charge in [0.25, 0.3) is 0 Å². The summed E-state index contributed by atoms with van der Waals surface area (Å²) in [5, 5.41) is 8.15. The average Bonchev–Trinajstić information content (AvgIpc) is 1.81. The van der Waals surface area contributed by atoms with Crippen LogP contribution >= 0.6 is 0 Å². The summed E-state index contributed by atoms with van der Waals surface area (Å²) in [5.41, 5.74) is 0. The standard InChI is InChI=1S/C6H10O2/c1-8-6-4-2-3-5-7/h7H,4-6H2,1H3. The molecule has 0 aromatic rings. The average molecular weight is 114 g/mol.